The van der Waals surface area contributed by atoms with Crippen molar-refractivity contribution in [1.82, 2.24) is 14.6 Å². The Labute approximate surface area is 184 Å². The molecule has 5 rings (SSSR count). The molecule has 0 spiro atoms. The first-order valence-corrected chi connectivity index (χ1v) is 10.2. The van der Waals surface area contributed by atoms with Gasteiger partial charge >= 0.3 is 0 Å². The van der Waals surface area contributed by atoms with Gasteiger partial charge in [0.25, 0.3) is 5.91 Å². The van der Waals surface area contributed by atoms with Crippen LogP contribution in [0.5, 0.6) is 0 Å². The van der Waals surface area contributed by atoms with Crippen LogP contribution in [-0.2, 0) is 0 Å². The van der Waals surface area contributed by atoms with E-state index in [9.17, 15) is 9.18 Å². The minimum absolute atomic E-state index is 0.334. The summed E-state index contributed by atoms with van der Waals surface area (Å²) in [5.74, 6) is -0.727. The van der Waals surface area contributed by atoms with Gasteiger partial charge in [0, 0.05) is 16.8 Å². The van der Waals surface area contributed by atoms with E-state index in [0.29, 0.717) is 16.9 Å². The molecule has 32 heavy (non-hydrogen) atoms. The lowest BCUT2D eigenvalue weighted by atomic mass is 10.1. The number of aryl methyl sites for hydroxylation is 1. The van der Waals surface area contributed by atoms with E-state index in [1.165, 1.54) is 30.5 Å². The van der Waals surface area contributed by atoms with E-state index in [0.717, 1.165) is 28.1 Å². The molecule has 6 heteroatoms. The Balaban J connectivity index is 1.65. The molecule has 1 N–H and O–H groups in total. The average molecular weight is 422 g/mol. The summed E-state index contributed by atoms with van der Waals surface area (Å²) in [5, 5.41) is 7.25. The summed E-state index contributed by atoms with van der Waals surface area (Å²) >= 11 is 0. The third-order valence-electron chi connectivity index (χ3n) is 5.24. The number of aromatic nitrogens is 3. The maximum absolute atomic E-state index is 13.2. The van der Waals surface area contributed by atoms with E-state index in [4.69, 9.17) is 4.98 Å². The van der Waals surface area contributed by atoms with Crippen molar-refractivity contribution in [3.63, 3.8) is 0 Å². The Morgan fingerprint density at radius 2 is 1.62 bits per heavy atom. The molecule has 0 atom stereocenters. The molecule has 0 radical (unpaired) electrons. The molecule has 156 valence electrons. The molecule has 2 heterocycles. The van der Waals surface area contributed by atoms with Crippen LogP contribution in [0, 0.1) is 12.7 Å². The summed E-state index contributed by atoms with van der Waals surface area (Å²) in [6.07, 6.45) is 1.51. The lowest BCUT2D eigenvalue weighted by molar-refractivity contribution is 0.102. The second kappa shape index (κ2) is 8.07. The zero-order valence-corrected chi connectivity index (χ0v) is 17.3. The summed E-state index contributed by atoms with van der Waals surface area (Å²) in [6.45, 7) is 2.03. The Hall–Kier alpha value is -4.32. The molecule has 0 aliphatic heterocycles. The summed E-state index contributed by atoms with van der Waals surface area (Å²) in [6, 6.07) is 25.5. The number of anilines is 1. The second-order valence-corrected chi connectivity index (χ2v) is 7.51. The first-order valence-electron chi connectivity index (χ1n) is 10.2. The van der Waals surface area contributed by atoms with Gasteiger partial charge in [-0.05, 0) is 37.3 Å². The topological polar surface area (TPSA) is 59.3 Å². The number of fused-ring (bicyclic) bond motifs is 1. The molecular weight excluding hydrogens is 403 g/mol. The monoisotopic (exact) mass is 422 g/mol. The van der Waals surface area contributed by atoms with E-state index in [1.54, 1.807) is 4.52 Å². The van der Waals surface area contributed by atoms with Crippen molar-refractivity contribution in [3.8, 4) is 22.5 Å². The van der Waals surface area contributed by atoms with Crippen LogP contribution in [0.25, 0.3) is 28.2 Å². The molecule has 0 bridgehead atoms. The smallest absolute Gasteiger partial charge is 0.261 e. The average Bonchev–Trinajstić information content (AvgIpc) is 3.25. The quantitative estimate of drug-likeness (QED) is 0.400. The van der Waals surface area contributed by atoms with Gasteiger partial charge in [-0.25, -0.2) is 13.9 Å². The van der Waals surface area contributed by atoms with Gasteiger partial charge in [0.2, 0.25) is 0 Å². The summed E-state index contributed by atoms with van der Waals surface area (Å²) in [4.78, 5) is 17.8. The van der Waals surface area contributed by atoms with Crippen LogP contribution in [-0.4, -0.2) is 20.5 Å². The zero-order chi connectivity index (χ0) is 22.1. The first kappa shape index (κ1) is 19.6. The van der Waals surface area contributed by atoms with Gasteiger partial charge in [-0.2, -0.15) is 5.10 Å². The number of amides is 1. The minimum atomic E-state index is -0.365. The fraction of sp³-hybridized carbons (Fsp3) is 0.0385. The molecule has 0 unspecified atom stereocenters. The van der Waals surface area contributed by atoms with Crippen molar-refractivity contribution >= 4 is 17.2 Å². The lowest BCUT2D eigenvalue weighted by Gasteiger charge is -2.10. The van der Waals surface area contributed by atoms with Crippen LogP contribution >= 0.6 is 0 Å². The highest BCUT2D eigenvalue weighted by molar-refractivity contribution is 6.08. The highest BCUT2D eigenvalue weighted by atomic mass is 19.1. The minimum Gasteiger partial charge on any atom is -0.322 e. The summed E-state index contributed by atoms with van der Waals surface area (Å²) in [5.41, 5.74) is 5.90. The Kier molecular flexibility index (Phi) is 4.95. The maximum atomic E-state index is 13.2. The fourth-order valence-corrected chi connectivity index (χ4v) is 3.54. The molecule has 0 fully saturated rings. The van der Waals surface area contributed by atoms with Crippen LogP contribution < -0.4 is 5.32 Å². The van der Waals surface area contributed by atoms with Gasteiger partial charge in [-0.1, -0.05) is 60.2 Å². The SMILES string of the molecule is Cc1ccc(-c2cc(-c3ccccc3)nc3c(C(=O)Nc4ccc(F)cc4)cnn23)cc1. The molecule has 3 aromatic carbocycles. The van der Waals surface area contributed by atoms with Gasteiger partial charge < -0.3 is 5.32 Å². The summed E-state index contributed by atoms with van der Waals surface area (Å²) < 4.78 is 14.9. The standard InChI is InChI=1S/C26H19FN4O/c1-17-7-9-19(10-8-17)24-15-23(18-5-3-2-4-6-18)30-25-22(16-28-31(24)25)26(32)29-21-13-11-20(27)12-14-21/h2-16H,1H3,(H,29,32). The largest absolute Gasteiger partial charge is 0.322 e. The predicted molar refractivity (Wildman–Crippen MR) is 123 cm³/mol. The van der Waals surface area contributed by atoms with Crippen LogP contribution in [0.1, 0.15) is 15.9 Å². The molecule has 2 aromatic heterocycles. The molecule has 5 aromatic rings. The first-order chi connectivity index (χ1) is 15.6. The van der Waals surface area contributed by atoms with Gasteiger partial charge in [0.1, 0.15) is 11.4 Å². The van der Waals surface area contributed by atoms with Gasteiger partial charge in [-0.3, -0.25) is 4.79 Å². The highest BCUT2D eigenvalue weighted by Gasteiger charge is 2.19. The molecule has 0 saturated heterocycles. The van der Waals surface area contributed by atoms with Crippen molar-refractivity contribution in [2.45, 2.75) is 6.92 Å². The Morgan fingerprint density at radius 3 is 2.34 bits per heavy atom. The number of nitrogens with zero attached hydrogens (tertiary/aromatic N) is 3. The zero-order valence-electron chi connectivity index (χ0n) is 17.3. The van der Waals surface area contributed by atoms with Crippen molar-refractivity contribution in [1.29, 1.82) is 0 Å². The second-order valence-electron chi connectivity index (χ2n) is 7.51. The van der Waals surface area contributed by atoms with Gasteiger partial charge in [-0.15, -0.1) is 0 Å². The predicted octanol–water partition coefficient (Wildman–Crippen LogP) is 5.76. The third kappa shape index (κ3) is 3.74. The Bertz CT molecular complexity index is 1410. The molecular formula is C26H19FN4O. The number of hydrogen-bond donors (Lipinski definition) is 1. The molecule has 0 saturated carbocycles. The fourth-order valence-electron chi connectivity index (χ4n) is 3.54. The number of carbonyl (C=O) groups is 1. The van der Waals surface area contributed by atoms with Crippen LogP contribution in [0.2, 0.25) is 0 Å². The van der Waals surface area contributed by atoms with Crippen molar-refractivity contribution < 1.29 is 9.18 Å². The number of nitrogens with one attached hydrogen (secondary N) is 1. The lowest BCUT2D eigenvalue weighted by Crippen LogP contribution is -2.12. The number of halogens is 1. The van der Waals surface area contributed by atoms with Crippen LogP contribution in [0.3, 0.4) is 0 Å². The normalized spacial score (nSPS) is 10.9. The van der Waals surface area contributed by atoms with Crippen molar-refractivity contribution in [2.75, 3.05) is 5.32 Å². The van der Waals surface area contributed by atoms with E-state index in [-0.39, 0.29) is 11.7 Å². The van der Waals surface area contributed by atoms with E-state index in [1.807, 2.05) is 67.6 Å². The molecule has 0 aliphatic rings. The third-order valence-corrected chi connectivity index (χ3v) is 5.24. The van der Waals surface area contributed by atoms with Crippen LogP contribution in [0.4, 0.5) is 10.1 Å². The highest BCUT2D eigenvalue weighted by Crippen LogP contribution is 2.28. The number of carbonyl (C=O) groups excluding carboxylic acids is 1. The molecule has 1 amide bonds. The van der Waals surface area contributed by atoms with Crippen molar-refractivity contribution in [2.24, 2.45) is 0 Å². The summed E-state index contributed by atoms with van der Waals surface area (Å²) in [7, 11) is 0. The number of hydrogen-bond acceptors (Lipinski definition) is 3. The van der Waals surface area contributed by atoms with E-state index < -0.39 is 0 Å². The maximum Gasteiger partial charge on any atom is 0.261 e. The van der Waals surface area contributed by atoms with E-state index >= 15 is 0 Å². The van der Waals surface area contributed by atoms with E-state index in [2.05, 4.69) is 10.4 Å². The Morgan fingerprint density at radius 1 is 0.906 bits per heavy atom. The molecule has 5 nitrogen and oxygen atoms in total. The van der Waals surface area contributed by atoms with Gasteiger partial charge in [0.15, 0.2) is 5.65 Å². The van der Waals surface area contributed by atoms with Crippen LogP contribution in [0.15, 0.2) is 91.1 Å². The number of benzene rings is 3. The molecule has 0 aliphatic carbocycles. The number of rotatable bonds is 4. The van der Waals surface area contributed by atoms with Gasteiger partial charge in [0.05, 0.1) is 17.6 Å². The van der Waals surface area contributed by atoms with Crippen molar-refractivity contribution in [3.05, 3.63) is 108 Å².